The molecule has 0 fully saturated rings. The molecule has 1 amide bonds. The van der Waals surface area contributed by atoms with Gasteiger partial charge in [-0.2, -0.15) is 26.3 Å². The molecule has 1 aliphatic heterocycles. The van der Waals surface area contributed by atoms with Crippen LogP contribution in [0.4, 0.5) is 43.7 Å². The summed E-state index contributed by atoms with van der Waals surface area (Å²) in [6.07, 6.45) is -6.04. The number of hydrogen-bond donors (Lipinski definition) is 3. The van der Waals surface area contributed by atoms with Crippen LogP contribution in [0.15, 0.2) is 54.4 Å². The van der Waals surface area contributed by atoms with Gasteiger partial charge in [-0.3, -0.25) is 9.63 Å². The summed E-state index contributed by atoms with van der Waals surface area (Å²) >= 11 is 6.35. The quantitative estimate of drug-likeness (QED) is 0.205. The molecular formula is C26H22ClF6N5O5. The molecule has 2 heterocycles. The zero-order valence-corrected chi connectivity index (χ0v) is 22.9. The maximum absolute atomic E-state index is 13.0. The van der Waals surface area contributed by atoms with Gasteiger partial charge in [-0.05, 0) is 48.9 Å². The predicted molar refractivity (Wildman–Crippen MR) is 143 cm³/mol. The molecule has 17 heteroatoms. The molecule has 2 aromatic carbocycles. The van der Waals surface area contributed by atoms with Gasteiger partial charge >= 0.3 is 18.3 Å². The Morgan fingerprint density at radius 1 is 1.09 bits per heavy atom. The number of nitrogens with one attached hydrogen (secondary N) is 2. The number of alkyl halides is 6. The maximum atomic E-state index is 13.0. The molecule has 1 aliphatic rings. The van der Waals surface area contributed by atoms with Crippen LogP contribution < -0.4 is 15.4 Å². The highest BCUT2D eigenvalue weighted by Crippen LogP contribution is 2.36. The number of hydroxylamine groups is 2. The summed E-state index contributed by atoms with van der Waals surface area (Å²) in [5.74, 6) is -1.90. The number of ether oxygens (including phenoxy) is 1. The van der Waals surface area contributed by atoms with E-state index in [1.165, 1.54) is 38.7 Å². The van der Waals surface area contributed by atoms with Gasteiger partial charge in [0.25, 0.3) is 5.91 Å². The molecule has 0 bridgehead atoms. The monoisotopic (exact) mass is 633 g/mol. The normalized spacial score (nSPS) is 12.8. The van der Waals surface area contributed by atoms with Gasteiger partial charge in [-0.1, -0.05) is 17.7 Å². The Morgan fingerprint density at radius 3 is 2.40 bits per heavy atom. The number of carboxylic acid groups (broad SMARTS) is 1. The highest BCUT2D eigenvalue weighted by atomic mass is 35.5. The molecule has 230 valence electrons. The van der Waals surface area contributed by atoms with E-state index in [1.807, 2.05) is 0 Å². The maximum Gasteiger partial charge on any atom is 0.490 e. The van der Waals surface area contributed by atoms with Gasteiger partial charge in [0, 0.05) is 24.9 Å². The van der Waals surface area contributed by atoms with Gasteiger partial charge in [0.15, 0.2) is 0 Å². The Hall–Kier alpha value is -4.57. The number of rotatable bonds is 6. The van der Waals surface area contributed by atoms with Crippen molar-refractivity contribution in [2.75, 3.05) is 31.3 Å². The number of nitrogens with zero attached hydrogens (tertiary/aromatic N) is 3. The van der Waals surface area contributed by atoms with Gasteiger partial charge < -0.3 is 20.5 Å². The second-order valence-corrected chi connectivity index (χ2v) is 8.92. The van der Waals surface area contributed by atoms with Crippen molar-refractivity contribution >= 4 is 46.9 Å². The highest BCUT2D eigenvalue weighted by Gasteiger charge is 2.38. The minimum Gasteiger partial charge on any atom is -0.475 e. The van der Waals surface area contributed by atoms with Crippen molar-refractivity contribution in [2.45, 2.75) is 18.8 Å². The van der Waals surface area contributed by atoms with E-state index in [9.17, 15) is 31.1 Å². The first-order chi connectivity index (χ1) is 20.1. The van der Waals surface area contributed by atoms with Crippen LogP contribution in [-0.2, 0) is 20.6 Å². The first-order valence-electron chi connectivity index (χ1n) is 11.9. The number of hydrogen-bond acceptors (Lipinski definition) is 8. The molecule has 0 saturated heterocycles. The highest BCUT2D eigenvalue weighted by molar-refractivity contribution is 6.32. The van der Waals surface area contributed by atoms with E-state index >= 15 is 0 Å². The van der Waals surface area contributed by atoms with Crippen molar-refractivity contribution in [3.63, 3.8) is 0 Å². The summed E-state index contributed by atoms with van der Waals surface area (Å²) in [4.78, 5) is 35.1. The fourth-order valence-electron chi connectivity index (χ4n) is 3.45. The lowest BCUT2D eigenvalue weighted by Gasteiger charge is -2.15. The lowest BCUT2D eigenvalue weighted by Crippen LogP contribution is -2.27. The Balaban J connectivity index is 0.000000646. The summed E-state index contributed by atoms with van der Waals surface area (Å²) in [5, 5.41) is 14.7. The molecule has 0 unspecified atom stereocenters. The number of benzene rings is 2. The lowest BCUT2D eigenvalue weighted by atomic mass is 10.1. The minimum absolute atomic E-state index is 0.00277. The number of fused-ring (bicyclic) bond motifs is 1. The minimum atomic E-state index is -5.08. The predicted octanol–water partition coefficient (Wildman–Crippen LogP) is 6.54. The molecule has 3 N–H and O–H groups in total. The number of aliphatic carboxylic acids is 1. The van der Waals surface area contributed by atoms with Crippen molar-refractivity contribution in [3.05, 3.63) is 70.5 Å². The van der Waals surface area contributed by atoms with E-state index in [0.29, 0.717) is 41.4 Å². The average Bonchev–Trinajstić information content (AvgIpc) is 3.16. The van der Waals surface area contributed by atoms with Crippen molar-refractivity contribution < 1.29 is 50.6 Å². The molecule has 4 rings (SSSR count). The number of carbonyl (C=O) groups is 2. The van der Waals surface area contributed by atoms with Crippen LogP contribution in [0.25, 0.3) is 6.08 Å². The molecule has 0 radical (unpaired) electrons. The van der Waals surface area contributed by atoms with E-state index in [2.05, 4.69) is 20.6 Å². The summed E-state index contributed by atoms with van der Waals surface area (Å²) < 4.78 is 76.3. The summed E-state index contributed by atoms with van der Waals surface area (Å²) in [7, 11) is 2.93. The van der Waals surface area contributed by atoms with E-state index in [1.54, 1.807) is 18.2 Å². The summed E-state index contributed by atoms with van der Waals surface area (Å²) in [6.45, 7) is 0.492. The Morgan fingerprint density at radius 2 is 1.79 bits per heavy atom. The number of carbonyl (C=O) groups excluding carboxylic acids is 1. The van der Waals surface area contributed by atoms with Crippen molar-refractivity contribution in [1.29, 1.82) is 0 Å². The lowest BCUT2D eigenvalue weighted by molar-refractivity contribution is -0.192. The second-order valence-electron chi connectivity index (χ2n) is 8.52. The molecule has 1 aromatic heterocycles. The standard InChI is InChI=1S/C24H21ClF3N5O3.C2HF3O2/c1-33(35-2)23(34)14-8-9-29-21-18(10-14)22(31-13-30-21)32-16-6-7-20(19(25)12-16)36-17-5-3-4-15(11-17)24(26,27)28;3-2(4,5)1(6)7/h3-7,10-13H,8-9H2,1-2H3,(H2,29,30,31,32);(H,6,7). The molecule has 10 nitrogen and oxygen atoms in total. The molecule has 0 atom stereocenters. The van der Waals surface area contributed by atoms with Gasteiger partial charge in [-0.15, -0.1) is 0 Å². The van der Waals surface area contributed by atoms with Crippen LogP contribution in [-0.4, -0.2) is 58.9 Å². The molecule has 43 heavy (non-hydrogen) atoms. The number of anilines is 3. The van der Waals surface area contributed by atoms with E-state index in [4.69, 9.17) is 31.1 Å². The summed E-state index contributed by atoms with van der Waals surface area (Å²) in [5.41, 5.74) is 0.793. The van der Waals surface area contributed by atoms with Gasteiger partial charge in [-0.25, -0.2) is 19.8 Å². The molecular weight excluding hydrogens is 612 g/mol. The average molecular weight is 634 g/mol. The first-order valence-corrected chi connectivity index (χ1v) is 12.3. The third kappa shape index (κ3) is 8.96. The van der Waals surface area contributed by atoms with Gasteiger partial charge in [0.1, 0.15) is 29.5 Å². The fraction of sp³-hybridized carbons (Fsp3) is 0.231. The number of halogens is 7. The number of carboxylic acids is 1. The SMILES string of the molecule is CON(C)C(=O)C1=Cc2c(ncnc2Nc2ccc(Oc3cccc(C(F)(F)F)c3)c(Cl)c2)NCC1.O=C(O)C(F)(F)F. The summed E-state index contributed by atoms with van der Waals surface area (Å²) in [6, 6.07) is 9.25. The van der Waals surface area contributed by atoms with E-state index in [0.717, 1.165) is 17.2 Å². The molecule has 0 saturated carbocycles. The van der Waals surface area contributed by atoms with Crippen LogP contribution in [0.5, 0.6) is 11.5 Å². The number of likely N-dealkylation sites (N-methyl/N-ethyl adjacent to an activating group) is 1. The Kier molecular flexibility index (Phi) is 10.4. The smallest absolute Gasteiger partial charge is 0.475 e. The zero-order valence-electron chi connectivity index (χ0n) is 22.2. The third-order valence-electron chi connectivity index (χ3n) is 5.55. The number of amides is 1. The van der Waals surface area contributed by atoms with Crippen LogP contribution in [0.2, 0.25) is 5.02 Å². The molecule has 3 aromatic rings. The Labute approximate surface area is 244 Å². The third-order valence-corrected chi connectivity index (χ3v) is 5.85. The first kappa shape index (κ1) is 32.9. The van der Waals surface area contributed by atoms with E-state index in [-0.39, 0.29) is 22.4 Å². The largest absolute Gasteiger partial charge is 0.490 e. The molecule has 0 aliphatic carbocycles. The topological polar surface area (TPSA) is 126 Å². The van der Waals surface area contributed by atoms with Gasteiger partial charge in [0.05, 0.1) is 23.3 Å². The zero-order chi connectivity index (χ0) is 31.9. The van der Waals surface area contributed by atoms with Crippen LogP contribution >= 0.6 is 11.6 Å². The van der Waals surface area contributed by atoms with Crippen molar-refractivity contribution in [2.24, 2.45) is 0 Å². The van der Waals surface area contributed by atoms with E-state index < -0.39 is 23.9 Å². The van der Waals surface area contributed by atoms with Crippen molar-refractivity contribution in [1.82, 2.24) is 15.0 Å². The second kappa shape index (κ2) is 13.6. The van der Waals surface area contributed by atoms with Gasteiger partial charge in [0.2, 0.25) is 0 Å². The van der Waals surface area contributed by atoms with Crippen LogP contribution in [0, 0.1) is 0 Å². The number of aromatic nitrogens is 2. The van der Waals surface area contributed by atoms with Crippen LogP contribution in [0.3, 0.4) is 0 Å². The van der Waals surface area contributed by atoms with Crippen molar-refractivity contribution in [3.8, 4) is 11.5 Å². The molecule has 0 spiro atoms. The Bertz CT molecular complexity index is 1520. The van der Waals surface area contributed by atoms with Crippen LogP contribution in [0.1, 0.15) is 17.5 Å². The fourth-order valence-corrected chi connectivity index (χ4v) is 3.67.